The molecule has 3 nitrogen and oxygen atoms in total. The van der Waals surface area contributed by atoms with Crippen molar-refractivity contribution in [1.82, 2.24) is 4.98 Å². The summed E-state index contributed by atoms with van der Waals surface area (Å²) in [6, 6.07) is 1.28. The third-order valence-corrected chi connectivity index (χ3v) is 3.48. The quantitative estimate of drug-likeness (QED) is 0.635. The molecule has 1 heterocycles. The maximum atomic E-state index is 12.5. The number of hydrogen-bond acceptors (Lipinski definition) is 2. The Balaban J connectivity index is 3.38. The van der Waals surface area contributed by atoms with Crippen LogP contribution in [0.3, 0.4) is 0 Å². The van der Waals surface area contributed by atoms with Gasteiger partial charge < -0.3 is 5.11 Å². The Morgan fingerprint density at radius 1 is 1.67 bits per heavy atom. The molecule has 1 aromatic rings. The van der Waals surface area contributed by atoms with Crippen molar-refractivity contribution in [2.75, 3.05) is 0 Å². The highest BCUT2D eigenvalue weighted by atomic mass is 127. The number of carboxylic acids is 1. The first kappa shape index (κ1) is 12.8. The van der Waals surface area contributed by atoms with E-state index in [1.54, 1.807) is 22.6 Å². The molecule has 0 aliphatic carbocycles. The van der Waals surface area contributed by atoms with Gasteiger partial charge in [0.25, 0.3) is 6.43 Å². The summed E-state index contributed by atoms with van der Waals surface area (Å²) >= 11 is 4.84. The first-order valence-electron chi connectivity index (χ1n) is 3.74. The Bertz CT molecular complexity index is 400. The zero-order chi connectivity index (χ0) is 11.6. The predicted octanol–water partition coefficient (Wildman–Crippen LogP) is 3.22. The van der Waals surface area contributed by atoms with E-state index in [-0.39, 0.29) is 5.69 Å². The monoisotopic (exact) mass is 391 g/mol. The van der Waals surface area contributed by atoms with Gasteiger partial charge in [0.2, 0.25) is 0 Å². The third kappa shape index (κ3) is 2.83. The van der Waals surface area contributed by atoms with Crippen molar-refractivity contribution in [3.8, 4) is 0 Å². The number of halogens is 4. The highest BCUT2D eigenvalue weighted by Gasteiger charge is 2.19. The number of alkyl halides is 3. The second-order valence-corrected chi connectivity index (χ2v) is 4.24. The number of rotatable bonds is 3. The van der Waals surface area contributed by atoms with Crippen molar-refractivity contribution in [2.45, 2.75) is 11.8 Å². The van der Waals surface area contributed by atoms with Crippen LogP contribution in [0.25, 0.3) is 0 Å². The van der Waals surface area contributed by atoms with Crippen LogP contribution in [-0.4, -0.2) is 16.1 Å². The summed E-state index contributed by atoms with van der Waals surface area (Å²) in [5, 5.41) is 8.99. The molecule has 0 radical (unpaired) electrons. The lowest BCUT2D eigenvalue weighted by molar-refractivity contribution is 0.0688. The summed E-state index contributed by atoms with van der Waals surface area (Å²) in [6.45, 7) is 0. The van der Waals surface area contributed by atoms with E-state index in [9.17, 15) is 13.6 Å². The lowest BCUT2D eigenvalue weighted by atomic mass is 10.2. The van der Waals surface area contributed by atoms with Crippen molar-refractivity contribution < 1.29 is 18.7 Å². The molecule has 0 aromatic carbocycles. The topological polar surface area (TPSA) is 50.2 Å². The molecule has 0 saturated heterocycles. The van der Waals surface area contributed by atoms with E-state index in [0.717, 1.165) is 0 Å². The number of nitrogens with zero attached hydrogens (tertiary/aromatic N) is 1. The summed E-state index contributed by atoms with van der Waals surface area (Å²) in [5.74, 6) is -1.31. The summed E-state index contributed by atoms with van der Waals surface area (Å²) in [4.78, 5) is 14.0. The molecule has 0 bridgehead atoms. The van der Waals surface area contributed by atoms with Gasteiger partial charge in [-0.25, -0.2) is 18.6 Å². The van der Waals surface area contributed by atoms with Crippen molar-refractivity contribution in [3.05, 3.63) is 26.6 Å². The number of carbonyl (C=O) groups is 1. The minimum Gasteiger partial charge on any atom is -0.477 e. The normalized spacial score (nSPS) is 10.7. The zero-order valence-corrected chi connectivity index (χ0v) is 10.9. The van der Waals surface area contributed by atoms with Gasteiger partial charge >= 0.3 is 5.97 Å². The fourth-order valence-electron chi connectivity index (χ4n) is 0.955. The maximum absolute atomic E-state index is 12.5. The number of carboxylic acid groups (broad SMARTS) is 1. The van der Waals surface area contributed by atoms with Crippen LogP contribution < -0.4 is 0 Å². The van der Waals surface area contributed by atoms with Crippen LogP contribution in [0.15, 0.2) is 6.07 Å². The Kier molecular flexibility index (Phi) is 4.38. The smallest absolute Gasteiger partial charge is 0.354 e. The van der Waals surface area contributed by atoms with E-state index in [1.807, 2.05) is 0 Å². The summed E-state index contributed by atoms with van der Waals surface area (Å²) in [5.41, 5.74) is -0.344. The second-order valence-electron chi connectivity index (χ2n) is 2.61. The number of aromatic nitrogens is 1. The molecule has 0 atom stereocenters. The first-order chi connectivity index (χ1) is 6.97. The number of hydrogen-bond donors (Lipinski definition) is 1. The van der Waals surface area contributed by atoms with Gasteiger partial charge in [-0.1, -0.05) is 15.9 Å². The first-order valence-corrected chi connectivity index (χ1v) is 5.94. The Morgan fingerprint density at radius 2 is 2.27 bits per heavy atom. The number of pyridine rings is 1. The third-order valence-electron chi connectivity index (χ3n) is 1.63. The van der Waals surface area contributed by atoms with E-state index in [1.165, 1.54) is 6.07 Å². The lowest BCUT2D eigenvalue weighted by Gasteiger charge is -2.08. The molecule has 0 aliphatic rings. The molecule has 0 unspecified atom stereocenters. The highest BCUT2D eigenvalue weighted by molar-refractivity contribution is 14.1. The van der Waals surface area contributed by atoms with Gasteiger partial charge in [0.15, 0.2) is 0 Å². The molecule has 1 aromatic heterocycles. The molecule has 15 heavy (non-hydrogen) atoms. The van der Waals surface area contributed by atoms with Gasteiger partial charge in [-0.15, -0.1) is 0 Å². The molecule has 1 rings (SSSR count). The average molecular weight is 392 g/mol. The fraction of sp³-hybridized carbons (Fsp3) is 0.250. The van der Waals surface area contributed by atoms with Gasteiger partial charge in [0.05, 0.1) is 0 Å². The van der Waals surface area contributed by atoms with Crippen molar-refractivity contribution in [1.29, 1.82) is 0 Å². The molecule has 0 saturated carbocycles. The van der Waals surface area contributed by atoms with Crippen LogP contribution in [0.2, 0.25) is 0 Å². The van der Waals surface area contributed by atoms with Crippen molar-refractivity contribution >= 4 is 44.5 Å². The van der Waals surface area contributed by atoms with Crippen LogP contribution in [0.1, 0.15) is 28.2 Å². The SMILES string of the molecule is O=C(O)c1cc(CBr)c(I)c(C(F)F)n1. The van der Waals surface area contributed by atoms with Crippen LogP contribution >= 0.6 is 38.5 Å². The van der Waals surface area contributed by atoms with Crippen LogP contribution in [0, 0.1) is 3.57 Å². The predicted molar refractivity (Wildman–Crippen MR) is 61.5 cm³/mol. The van der Waals surface area contributed by atoms with Crippen molar-refractivity contribution in [2.24, 2.45) is 0 Å². The average Bonchev–Trinajstić information content (AvgIpc) is 2.17. The molecule has 0 fully saturated rings. The molecular weight excluding hydrogens is 387 g/mol. The standard InChI is InChI=1S/C8H5BrF2INO2/c9-2-3-1-4(8(14)15)13-6(5(3)12)7(10)11/h1,7H,2H2,(H,14,15). The van der Waals surface area contributed by atoms with Gasteiger partial charge in [-0.2, -0.15) is 0 Å². The van der Waals surface area contributed by atoms with Gasteiger partial charge in [-0.05, 0) is 34.2 Å². The van der Waals surface area contributed by atoms with Gasteiger partial charge in [0, 0.05) is 8.90 Å². The molecule has 82 valence electrons. The molecule has 0 spiro atoms. The maximum Gasteiger partial charge on any atom is 0.354 e. The fourth-order valence-corrected chi connectivity index (χ4v) is 2.62. The van der Waals surface area contributed by atoms with Crippen LogP contribution in [-0.2, 0) is 5.33 Å². The van der Waals surface area contributed by atoms with E-state index in [2.05, 4.69) is 20.9 Å². The van der Waals surface area contributed by atoms with E-state index in [0.29, 0.717) is 14.5 Å². The van der Waals surface area contributed by atoms with Gasteiger partial charge in [-0.3, -0.25) is 0 Å². The highest BCUT2D eigenvalue weighted by Crippen LogP contribution is 2.27. The Labute approximate surface area is 106 Å². The van der Waals surface area contributed by atoms with E-state index in [4.69, 9.17) is 5.11 Å². The molecular formula is C8H5BrF2INO2. The minimum absolute atomic E-state index is 0.296. The Morgan fingerprint density at radius 3 is 2.67 bits per heavy atom. The minimum atomic E-state index is -2.77. The largest absolute Gasteiger partial charge is 0.477 e. The molecule has 0 aliphatic heterocycles. The van der Waals surface area contributed by atoms with Crippen LogP contribution in [0.4, 0.5) is 8.78 Å². The molecule has 0 amide bonds. The Hall–Kier alpha value is -0.310. The number of aromatic carboxylic acids is 1. The van der Waals surface area contributed by atoms with E-state index < -0.39 is 18.1 Å². The second kappa shape index (κ2) is 5.15. The summed E-state index contributed by atoms with van der Waals surface area (Å²) < 4.78 is 25.3. The van der Waals surface area contributed by atoms with E-state index >= 15 is 0 Å². The lowest BCUT2D eigenvalue weighted by Crippen LogP contribution is -2.07. The zero-order valence-electron chi connectivity index (χ0n) is 7.18. The van der Waals surface area contributed by atoms with Crippen molar-refractivity contribution in [3.63, 3.8) is 0 Å². The van der Waals surface area contributed by atoms with Crippen LogP contribution in [0.5, 0.6) is 0 Å². The summed E-state index contributed by atoms with van der Waals surface area (Å²) in [7, 11) is 0. The molecule has 1 N–H and O–H groups in total. The molecule has 7 heteroatoms. The van der Waals surface area contributed by atoms with Gasteiger partial charge in [0.1, 0.15) is 11.4 Å². The summed E-state index contributed by atoms with van der Waals surface area (Å²) in [6.07, 6.45) is -2.77.